The van der Waals surface area contributed by atoms with Crippen molar-refractivity contribution in [2.24, 2.45) is 0 Å². The summed E-state index contributed by atoms with van der Waals surface area (Å²) in [5, 5.41) is 3.39. The molecule has 0 unspecified atom stereocenters. The van der Waals surface area contributed by atoms with Crippen molar-refractivity contribution in [1.82, 2.24) is 0 Å². The first-order valence-electron chi connectivity index (χ1n) is 5.63. The van der Waals surface area contributed by atoms with Gasteiger partial charge in [0.25, 0.3) is 0 Å². The van der Waals surface area contributed by atoms with Crippen molar-refractivity contribution in [3.05, 3.63) is 23.8 Å². The lowest BCUT2D eigenvalue weighted by molar-refractivity contribution is 0.122. The predicted molar refractivity (Wildman–Crippen MR) is 76.2 cm³/mol. The van der Waals surface area contributed by atoms with Crippen molar-refractivity contribution in [2.45, 2.75) is 6.42 Å². The van der Waals surface area contributed by atoms with Gasteiger partial charge >= 0.3 is 0 Å². The third-order valence-corrected chi connectivity index (χ3v) is 3.17. The summed E-state index contributed by atoms with van der Waals surface area (Å²) in [4.78, 5) is 2.40. The van der Waals surface area contributed by atoms with Gasteiger partial charge in [-0.3, -0.25) is 0 Å². The summed E-state index contributed by atoms with van der Waals surface area (Å²) in [6, 6.07) is 6.73. The highest BCUT2D eigenvalue weighted by Gasteiger charge is 2.15. The van der Waals surface area contributed by atoms with E-state index in [9.17, 15) is 0 Å². The molecule has 1 saturated heterocycles. The maximum Gasteiger partial charge on any atom is 0.0642 e. The van der Waals surface area contributed by atoms with E-state index in [1.54, 1.807) is 0 Å². The Labute approximate surface area is 114 Å². The number of nitrogens with one attached hydrogen (secondary N) is 1. The number of benzene rings is 1. The highest BCUT2D eigenvalue weighted by atomic mass is 35.5. The zero-order valence-corrected chi connectivity index (χ0v) is 11.3. The van der Waals surface area contributed by atoms with Crippen LogP contribution in [-0.4, -0.2) is 32.8 Å². The van der Waals surface area contributed by atoms with Gasteiger partial charge in [-0.25, -0.2) is 0 Å². The van der Waals surface area contributed by atoms with Gasteiger partial charge in [-0.05, 0) is 30.2 Å². The summed E-state index contributed by atoms with van der Waals surface area (Å²) in [7, 11) is 0. The molecule has 0 saturated carbocycles. The molecular formula is C12H18Cl2N2O. The molecule has 0 bridgehead atoms. The van der Waals surface area contributed by atoms with Gasteiger partial charge in [0.1, 0.15) is 0 Å². The van der Waals surface area contributed by atoms with E-state index in [2.05, 4.69) is 28.4 Å². The van der Waals surface area contributed by atoms with Crippen LogP contribution in [0.1, 0.15) is 5.56 Å². The van der Waals surface area contributed by atoms with E-state index in [0.29, 0.717) is 0 Å². The summed E-state index contributed by atoms with van der Waals surface area (Å²) in [5.74, 6) is 0. The van der Waals surface area contributed by atoms with Crippen LogP contribution in [0.15, 0.2) is 18.2 Å². The van der Waals surface area contributed by atoms with Crippen LogP contribution in [-0.2, 0) is 11.2 Å². The molecule has 96 valence electrons. The van der Waals surface area contributed by atoms with Gasteiger partial charge in [0, 0.05) is 31.0 Å². The van der Waals surface area contributed by atoms with Crippen molar-refractivity contribution < 1.29 is 4.74 Å². The molecule has 17 heavy (non-hydrogen) atoms. The van der Waals surface area contributed by atoms with Gasteiger partial charge < -0.3 is 15.0 Å². The number of nitrogens with zero attached hydrogens (tertiary/aromatic N) is 1. The first-order valence-corrected chi connectivity index (χ1v) is 5.63. The number of ether oxygens (including phenoxy) is 1. The van der Waals surface area contributed by atoms with E-state index in [1.807, 2.05) is 0 Å². The highest BCUT2D eigenvalue weighted by molar-refractivity contribution is 5.85. The minimum Gasteiger partial charge on any atom is -0.384 e. The standard InChI is InChI=1S/C12H16N2O.2ClH/c1-2-12-10(3-4-13-12)9-11(1)14-5-7-15-8-6-14;;/h1-2,9,13H,3-8H2;2*1H. The van der Waals surface area contributed by atoms with Crippen LogP contribution in [0.2, 0.25) is 0 Å². The summed E-state index contributed by atoms with van der Waals surface area (Å²) >= 11 is 0. The van der Waals surface area contributed by atoms with Gasteiger partial charge in [0.15, 0.2) is 0 Å². The lowest BCUT2D eigenvalue weighted by atomic mass is 10.1. The molecule has 0 aliphatic carbocycles. The Morgan fingerprint density at radius 3 is 2.65 bits per heavy atom. The number of halogens is 2. The first kappa shape index (κ1) is 14.4. The lowest BCUT2D eigenvalue weighted by Gasteiger charge is -2.29. The summed E-state index contributed by atoms with van der Waals surface area (Å²) in [5.41, 5.74) is 4.12. The molecule has 1 aromatic rings. The third-order valence-electron chi connectivity index (χ3n) is 3.17. The number of anilines is 2. The van der Waals surface area contributed by atoms with Gasteiger partial charge in [-0.15, -0.1) is 24.8 Å². The molecule has 2 aliphatic heterocycles. The monoisotopic (exact) mass is 276 g/mol. The first-order chi connectivity index (χ1) is 7.43. The fourth-order valence-corrected chi connectivity index (χ4v) is 2.31. The zero-order chi connectivity index (χ0) is 10.1. The average molecular weight is 277 g/mol. The molecule has 3 nitrogen and oxygen atoms in total. The zero-order valence-electron chi connectivity index (χ0n) is 9.65. The Bertz CT molecular complexity index is 368. The van der Waals surface area contributed by atoms with E-state index in [-0.39, 0.29) is 24.8 Å². The van der Waals surface area contributed by atoms with E-state index < -0.39 is 0 Å². The van der Waals surface area contributed by atoms with Crippen LogP contribution in [0.4, 0.5) is 11.4 Å². The van der Waals surface area contributed by atoms with E-state index in [1.165, 1.54) is 16.9 Å². The number of hydrogen-bond acceptors (Lipinski definition) is 3. The largest absolute Gasteiger partial charge is 0.384 e. The van der Waals surface area contributed by atoms with Gasteiger partial charge in [0.2, 0.25) is 0 Å². The molecule has 1 fully saturated rings. The third kappa shape index (κ3) is 2.97. The fraction of sp³-hybridized carbons (Fsp3) is 0.500. The molecule has 0 spiro atoms. The van der Waals surface area contributed by atoms with Gasteiger partial charge in [-0.1, -0.05) is 0 Å². The van der Waals surface area contributed by atoms with Crippen molar-refractivity contribution in [3.63, 3.8) is 0 Å². The molecule has 0 atom stereocenters. The fourth-order valence-electron chi connectivity index (χ4n) is 2.31. The van der Waals surface area contributed by atoms with Crippen LogP contribution in [0.5, 0.6) is 0 Å². The van der Waals surface area contributed by atoms with E-state index in [4.69, 9.17) is 4.74 Å². The number of fused-ring (bicyclic) bond motifs is 1. The normalized spacial score (nSPS) is 17.5. The van der Waals surface area contributed by atoms with Crippen molar-refractivity contribution >= 4 is 36.2 Å². The molecule has 1 N–H and O–H groups in total. The molecule has 3 rings (SSSR count). The molecule has 2 aliphatic rings. The Kier molecular flexibility index (Phi) is 5.37. The van der Waals surface area contributed by atoms with Crippen molar-refractivity contribution in [2.75, 3.05) is 43.1 Å². The van der Waals surface area contributed by atoms with Gasteiger partial charge in [-0.2, -0.15) is 0 Å². The van der Waals surface area contributed by atoms with Crippen LogP contribution < -0.4 is 10.2 Å². The second-order valence-electron chi connectivity index (χ2n) is 4.12. The Morgan fingerprint density at radius 2 is 1.88 bits per heavy atom. The van der Waals surface area contributed by atoms with Crippen molar-refractivity contribution in [3.8, 4) is 0 Å². The van der Waals surface area contributed by atoms with Crippen LogP contribution in [0.25, 0.3) is 0 Å². The van der Waals surface area contributed by atoms with E-state index in [0.717, 1.165) is 39.3 Å². The molecule has 5 heteroatoms. The SMILES string of the molecule is Cl.Cl.c1cc2c(cc1N1CCOCC1)CCN2. The minimum atomic E-state index is 0. The van der Waals surface area contributed by atoms with Crippen molar-refractivity contribution in [1.29, 1.82) is 0 Å². The topological polar surface area (TPSA) is 24.5 Å². The second kappa shape index (κ2) is 6.34. The van der Waals surface area contributed by atoms with Crippen LogP contribution >= 0.6 is 24.8 Å². The van der Waals surface area contributed by atoms with Crippen LogP contribution in [0.3, 0.4) is 0 Å². The average Bonchev–Trinajstić information content (AvgIpc) is 2.77. The molecule has 0 radical (unpaired) electrons. The number of rotatable bonds is 1. The van der Waals surface area contributed by atoms with Crippen LogP contribution in [0, 0.1) is 0 Å². The maximum absolute atomic E-state index is 5.36. The quantitative estimate of drug-likeness (QED) is 0.852. The molecule has 0 aromatic heterocycles. The minimum absolute atomic E-state index is 0. The summed E-state index contributed by atoms with van der Waals surface area (Å²) in [6.07, 6.45) is 1.16. The molecule has 1 aromatic carbocycles. The predicted octanol–water partition coefficient (Wildman–Crippen LogP) is 2.33. The van der Waals surface area contributed by atoms with E-state index >= 15 is 0 Å². The smallest absolute Gasteiger partial charge is 0.0642 e. The molecule has 0 amide bonds. The molecular weight excluding hydrogens is 259 g/mol. The Hall–Kier alpha value is -0.640. The highest BCUT2D eigenvalue weighted by Crippen LogP contribution is 2.27. The van der Waals surface area contributed by atoms with Gasteiger partial charge in [0.05, 0.1) is 13.2 Å². The Balaban J connectivity index is 0.000000722. The maximum atomic E-state index is 5.36. The molecule has 2 heterocycles. The summed E-state index contributed by atoms with van der Waals surface area (Å²) < 4.78 is 5.36. The summed E-state index contributed by atoms with van der Waals surface area (Å²) in [6.45, 7) is 4.84. The lowest BCUT2D eigenvalue weighted by Crippen LogP contribution is -2.36. The second-order valence-corrected chi connectivity index (χ2v) is 4.12. The number of hydrogen-bond donors (Lipinski definition) is 1. The Morgan fingerprint density at radius 1 is 1.12 bits per heavy atom. The number of morpholine rings is 1.